The van der Waals surface area contributed by atoms with E-state index < -0.39 is 18.4 Å². The number of hydrogen-bond donors (Lipinski definition) is 0. The summed E-state index contributed by atoms with van der Waals surface area (Å²) in [5.41, 5.74) is 8.52. The number of imidazole rings is 1. The molecule has 2 heterocycles. The molecule has 0 amide bonds. The quantitative estimate of drug-likeness (QED) is 0.0564. The van der Waals surface area contributed by atoms with Gasteiger partial charge in [0.25, 0.3) is 0 Å². The van der Waals surface area contributed by atoms with Crippen molar-refractivity contribution in [2.24, 2.45) is 5.11 Å². The van der Waals surface area contributed by atoms with Crippen molar-refractivity contribution in [2.45, 2.75) is 82.8 Å². The second-order valence-corrected chi connectivity index (χ2v) is 24.6. The fourth-order valence-corrected chi connectivity index (χ4v) is 25.4. The number of nitrogens with zero attached hydrogens (tertiary/aromatic N) is 5. The van der Waals surface area contributed by atoms with Crippen LogP contribution in [0.4, 0.5) is 0 Å². The first-order chi connectivity index (χ1) is 14.2. The van der Waals surface area contributed by atoms with E-state index >= 15 is 0 Å². The number of thiazole rings is 1. The van der Waals surface area contributed by atoms with Crippen LogP contribution in [-0.4, -0.2) is 46.3 Å². The van der Waals surface area contributed by atoms with Gasteiger partial charge < -0.3 is 0 Å². The molecule has 0 saturated carbocycles. The summed E-state index contributed by atoms with van der Waals surface area (Å²) < 4.78 is 8.60. The predicted octanol–water partition coefficient (Wildman–Crippen LogP) is 7.58. The molecule has 0 unspecified atom stereocenters. The van der Waals surface area contributed by atoms with E-state index in [4.69, 9.17) is 10.5 Å². The van der Waals surface area contributed by atoms with E-state index in [9.17, 15) is 0 Å². The fraction of sp³-hybridized carbons (Fsp3) is 0.750. The zero-order valence-electron chi connectivity index (χ0n) is 18.3. The summed E-state index contributed by atoms with van der Waals surface area (Å²) in [6.07, 6.45) is 12.7. The van der Waals surface area contributed by atoms with Crippen molar-refractivity contribution in [3.05, 3.63) is 16.6 Å². The molecule has 9 heteroatoms. The third kappa shape index (κ3) is 6.73. The number of hydrogen-bond acceptors (Lipinski definition) is 5. The summed E-state index contributed by atoms with van der Waals surface area (Å²) in [5, 5.41) is 5.88. The molecule has 0 spiro atoms. The second-order valence-electron chi connectivity index (χ2n) is 7.57. The Labute approximate surface area is 192 Å². The van der Waals surface area contributed by atoms with Gasteiger partial charge in [-0.2, -0.15) is 0 Å². The van der Waals surface area contributed by atoms with Crippen LogP contribution in [0.2, 0.25) is 13.3 Å². The van der Waals surface area contributed by atoms with E-state index in [1.165, 1.54) is 56.7 Å². The van der Waals surface area contributed by atoms with Crippen LogP contribution in [0.15, 0.2) is 21.5 Å². The Kier molecular flexibility index (Phi) is 11.7. The SMILES string of the molecule is CCC[CH2][Sn]([CH2]CCC)([CH2]CCC)[c]1cn2c(SC)nc(SCCN=[N+]=[N-])c2s1. The van der Waals surface area contributed by atoms with Crippen LogP contribution in [0, 0.1) is 0 Å². The van der Waals surface area contributed by atoms with Gasteiger partial charge in [-0.3, -0.25) is 0 Å². The summed E-state index contributed by atoms with van der Waals surface area (Å²) in [6, 6.07) is 0. The van der Waals surface area contributed by atoms with Crippen LogP contribution < -0.4 is 2.89 Å². The molecule has 5 nitrogen and oxygen atoms in total. The van der Waals surface area contributed by atoms with E-state index in [1.54, 1.807) is 26.4 Å². The number of rotatable bonds is 15. The summed E-state index contributed by atoms with van der Waals surface area (Å²) in [5.74, 6) is 0.785. The zero-order chi connectivity index (χ0) is 21.1. The topological polar surface area (TPSA) is 66.1 Å². The molecule has 0 bridgehead atoms. The third-order valence-corrected chi connectivity index (χ3v) is 26.5. The molecule has 0 aliphatic rings. The molecule has 2 aromatic heterocycles. The molecule has 0 aliphatic carbocycles. The zero-order valence-corrected chi connectivity index (χ0v) is 23.6. The Morgan fingerprint density at radius 3 is 2.28 bits per heavy atom. The van der Waals surface area contributed by atoms with E-state index in [0.717, 1.165) is 15.9 Å². The van der Waals surface area contributed by atoms with E-state index in [1.807, 2.05) is 11.3 Å². The van der Waals surface area contributed by atoms with Crippen LogP contribution in [0.1, 0.15) is 59.3 Å². The minimum atomic E-state index is -2.42. The molecule has 0 saturated heterocycles. The van der Waals surface area contributed by atoms with Gasteiger partial charge in [-0.15, -0.1) is 0 Å². The average Bonchev–Trinajstić information content (AvgIpc) is 3.31. The number of unbranched alkanes of at least 4 members (excludes halogenated alkanes) is 3. The first-order valence-electron chi connectivity index (χ1n) is 10.9. The summed E-state index contributed by atoms with van der Waals surface area (Å²) in [7, 11) is 0. The molecule has 0 aliphatic heterocycles. The molecular weight excluding hydrogens is 525 g/mol. The van der Waals surface area contributed by atoms with Crippen LogP contribution in [0.25, 0.3) is 15.3 Å². The maximum absolute atomic E-state index is 8.52. The van der Waals surface area contributed by atoms with Gasteiger partial charge in [-0.05, 0) is 0 Å². The monoisotopic (exact) mass is 561 g/mol. The van der Waals surface area contributed by atoms with Gasteiger partial charge in [0.1, 0.15) is 0 Å². The molecular formula is C20H35N5S3Sn. The Balaban J connectivity index is 2.44. The Morgan fingerprint density at radius 1 is 1.14 bits per heavy atom. The van der Waals surface area contributed by atoms with Gasteiger partial charge in [0, 0.05) is 0 Å². The maximum atomic E-state index is 8.52. The van der Waals surface area contributed by atoms with Gasteiger partial charge in [0.05, 0.1) is 0 Å². The summed E-state index contributed by atoms with van der Waals surface area (Å²) in [4.78, 5) is 9.03. The van der Waals surface area contributed by atoms with Crippen molar-refractivity contribution in [1.29, 1.82) is 0 Å². The summed E-state index contributed by atoms with van der Waals surface area (Å²) >= 11 is 3.07. The Bertz CT molecular complexity index is 776. The first-order valence-corrected chi connectivity index (χ1v) is 21.4. The molecule has 0 N–H and O–H groups in total. The van der Waals surface area contributed by atoms with E-state index in [-0.39, 0.29) is 0 Å². The molecule has 0 atom stereocenters. The van der Waals surface area contributed by atoms with Crippen molar-refractivity contribution >= 4 is 61.0 Å². The van der Waals surface area contributed by atoms with Gasteiger partial charge in [-0.25, -0.2) is 0 Å². The van der Waals surface area contributed by atoms with Gasteiger partial charge in [-0.1, -0.05) is 0 Å². The molecule has 0 radical (unpaired) electrons. The van der Waals surface area contributed by atoms with Crippen molar-refractivity contribution < 1.29 is 0 Å². The van der Waals surface area contributed by atoms with E-state index in [2.05, 4.69) is 47.7 Å². The van der Waals surface area contributed by atoms with Crippen LogP contribution >= 0.6 is 34.9 Å². The normalized spacial score (nSPS) is 11.9. The number of fused-ring (bicyclic) bond motifs is 1. The van der Waals surface area contributed by atoms with E-state index in [0.29, 0.717) is 6.54 Å². The van der Waals surface area contributed by atoms with Gasteiger partial charge in [0.15, 0.2) is 0 Å². The molecule has 0 aromatic carbocycles. The molecule has 162 valence electrons. The Hall–Kier alpha value is -0.0213. The standard InChI is InChI=1S/C8H8N5S3.3C4H9.Sn/c1-14-8-11-6(15-4-2-10-12-9)7-13(8)3-5-16-7;3*1-3-4-2;/h3H,2,4H2,1H3;3*1,3-4H2,2H3;. The van der Waals surface area contributed by atoms with Crippen molar-refractivity contribution in [2.75, 3.05) is 18.6 Å². The number of azide groups is 1. The molecule has 2 aromatic rings. The third-order valence-electron chi connectivity index (χ3n) is 5.48. The average molecular weight is 560 g/mol. The Morgan fingerprint density at radius 2 is 1.76 bits per heavy atom. The number of aromatic nitrogens is 2. The number of thioether (sulfide) groups is 2. The van der Waals surface area contributed by atoms with Crippen molar-refractivity contribution in [3.8, 4) is 0 Å². The minimum absolute atomic E-state index is 0.514. The van der Waals surface area contributed by atoms with Crippen molar-refractivity contribution in [1.82, 2.24) is 9.38 Å². The summed E-state index contributed by atoms with van der Waals surface area (Å²) in [6.45, 7) is 7.53. The van der Waals surface area contributed by atoms with Crippen molar-refractivity contribution in [3.63, 3.8) is 0 Å². The fourth-order valence-electron chi connectivity index (χ4n) is 3.83. The van der Waals surface area contributed by atoms with Gasteiger partial charge >= 0.3 is 193 Å². The van der Waals surface area contributed by atoms with Crippen LogP contribution in [0.3, 0.4) is 0 Å². The molecule has 2 rings (SSSR count). The predicted molar refractivity (Wildman–Crippen MR) is 134 cm³/mol. The second kappa shape index (κ2) is 13.4. The molecule has 0 fully saturated rings. The van der Waals surface area contributed by atoms with Crippen LogP contribution in [0.5, 0.6) is 0 Å². The molecule has 29 heavy (non-hydrogen) atoms. The van der Waals surface area contributed by atoms with Gasteiger partial charge in [0.2, 0.25) is 0 Å². The van der Waals surface area contributed by atoms with Crippen LogP contribution in [-0.2, 0) is 0 Å². The first kappa shape index (κ1) is 25.2.